The van der Waals surface area contributed by atoms with Crippen LogP contribution in [0.2, 0.25) is 0 Å². The molecule has 1 aliphatic heterocycles. The van der Waals surface area contributed by atoms with E-state index >= 15 is 0 Å². The van der Waals surface area contributed by atoms with Crippen LogP contribution in [0.3, 0.4) is 0 Å². The molecule has 1 saturated heterocycles. The van der Waals surface area contributed by atoms with E-state index in [1.165, 1.54) is 10.6 Å². The number of carbonyl (C=O) groups is 1. The van der Waals surface area contributed by atoms with E-state index in [0.717, 1.165) is 27.7 Å². The predicted molar refractivity (Wildman–Crippen MR) is 103 cm³/mol. The maximum absolute atomic E-state index is 12.5. The Morgan fingerprint density at radius 3 is 2.54 bits per heavy atom. The number of piperidine rings is 1. The van der Waals surface area contributed by atoms with Gasteiger partial charge in [-0.3, -0.25) is 9.78 Å². The van der Waals surface area contributed by atoms with Crippen molar-refractivity contribution in [1.82, 2.24) is 14.6 Å². The first kappa shape index (κ1) is 18.8. The van der Waals surface area contributed by atoms with Crippen LogP contribution in [0.4, 0.5) is 0 Å². The van der Waals surface area contributed by atoms with E-state index in [9.17, 15) is 13.2 Å². The maximum Gasteiger partial charge on any atom is 0.224 e. The molecular formula is C19H25N3O3S. The number of pyridine rings is 1. The van der Waals surface area contributed by atoms with E-state index in [0.29, 0.717) is 32.4 Å². The van der Waals surface area contributed by atoms with Crippen molar-refractivity contribution < 1.29 is 13.2 Å². The van der Waals surface area contributed by atoms with Gasteiger partial charge in [0.1, 0.15) is 0 Å². The molecule has 1 amide bonds. The van der Waals surface area contributed by atoms with Crippen molar-refractivity contribution in [2.24, 2.45) is 0 Å². The third-order valence-corrected chi connectivity index (χ3v) is 6.41. The SMILES string of the molecule is Cc1nc2ccccc2c(C)c1CC(=O)NC1CCN(S(C)(=O)=O)CC1. The van der Waals surface area contributed by atoms with Crippen LogP contribution in [0.25, 0.3) is 10.9 Å². The largest absolute Gasteiger partial charge is 0.353 e. The number of aryl methyl sites for hydroxylation is 2. The summed E-state index contributed by atoms with van der Waals surface area (Å²) < 4.78 is 24.6. The van der Waals surface area contributed by atoms with Crippen LogP contribution in [0, 0.1) is 13.8 Å². The molecule has 140 valence electrons. The Morgan fingerprint density at radius 2 is 1.88 bits per heavy atom. The van der Waals surface area contributed by atoms with Crippen molar-refractivity contribution in [3.8, 4) is 0 Å². The van der Waals surface area contributed by atoms with Gasteiger partial charge in [0.25, 0.3) is 0 Å². The zero-order valence-corrected chi connectivity index (χ0v) is 16.3. The van der Waals surface area contributed by atoms with E-state index in [1.54, 1.807) is 0 Å². The second-order valence-corrected chi connectivity index (χ2v) is 8.98. The summed E-state index contributed by atoms with van der Waals surface area (Å²) in [6, 6.07) is 7.97. The van der Waals surface area contributed by atoms with E-state index < -0.39 is 10.0 Å². The molecule has 2 aromatic rings. The average Bonchev–Trinajstić information content (AvgIpc) is 2.58. The predicted octanol–water partition coefficient (Wildman–Crippen LogP) is 1.93. The minimum Gasteiger partial charge on any atom is -0.353 e. The Balaban J connectivity index is 1.67. The van der Waals surface area contributed by atoms with Crippen molar-refractivity contribution in [3.05, 3.63) is 41.1 Å². The number of nitrogens with one attached hydrogen (secondary N) is 1. The molecule has 1 aromatic heterocycles. The van der Waals surface area contributed by atoms with Crippen molar-refractivity contribution in [2.45, 2.75) is 39.2 Å². The molecule has 0 atom stereocenters. The fraction of sp³-hybridized carbons (Fsp3) is 0.474. The van der Waals surface area contributed by atoms with E-state index in [1.807, 2.05) is 38.1 Å². The highest BCUT2D eigenvalue weighted by Gasteiger charge is 2.26. The Kier molecular flexibility index (Phi) is 5.29. The molecule has 0 saturated carbocycles. The number of benzene rings is 1. The zero-order chi connectivity index (χ0) is 18.9. The van der Waals surface area contributed by atoms with Gasteiger partial charge in [0.2, 0.25) is 15.9 Å². The van der Waals surface area contributed by atoms with Gasteiger partial charge in [0.05, 0.1) is 18.2 Å². The number of fused-ring (bicyclic) bond motifs is 1. The van der Waals surface area contributed by atoms with Crippen molar-refractivity contribution in [3.63, 3.8) is 0 Å². The summed E-state index contributed by atoms with van der Waals surface area (Å²) in [5.74, 6) is -0.0360. The smallest absolute Gasteiger partial charge is 0.224 e. The molecule has 0 aliphatic carbocycles. The summed E-state index contributed by atoms with van der Waals surface area (Å²) in [5.41, 5.74) is 3.88. The van der Waals surface area contributed by atoms with Gasteiger partial charge in [-0.2, -0.15) is 0 Å². The lowest BCUT2D eigenvalue weighted by Crippen LogP contribution is -2.46. The number of rotatable bonds is 4. The first-order valence-electron chi connectivity index (χ1n) is 8.85. The molecule has 7 heteroatoms. The number of para-hydroxylation sites is 1. The summed E-state index contributed by atoms with van der Waals surface area (Å²) in [5, 5.41) is 4.13. The number of hydrogen-bond acceptors (Lipinski definition) is 4. The normalized spacial score (nSPS) is 16.7. The molecule has 0 radical (unpaired) electrons. The summed E-state index contributed by atoms with van der Waals surface area (Å²) in [4.78, 5) is 17.1. The molecule has 6 nitrogen and oxygen atoms in total. The highest BCUT2D eigenvalue weighted by atomic mass is 32.2. The summed E-state index contributed by atoms with van der Waals surface area (Å²) in [7, 11) is -3.15. The highest BCUT2D eigenvalue weighted by molar-refractivity contribution is 7.88. The molecule has 26 heavy (non-hydrogen) atoms. The van der Waals surface area contributed by atoms with E-state index in [4.69, 9.17) is 0 Å². The molecule has 0 spiro atoms. The zero-order valence-electron chi connectivity index (χ0n) is 15.4. The van der Waals surface area contributed by atoms with Gasteiger partial charge in [0, 0.05) is 30.2 Å². The number of hydrogen-bond donors (Lipinski definition) is 1. The van der Waals surface area contributed by atoms with Crippen LogP contribution in [-0.2, 0) is 21.2 Å². The number of carbonyl (C=O) groups excluding carboxylic acids is 1. The first-order valence-corrected chi connectivity index (χ1v) is 10.7. The standard InChI is InChI=1S/C19H25N3O3S/c1-13-16-6-4-5-7-18(16)20-14(2)17(13)12-19(23)21-15-8-10-22(11-9-15)26(3,24)25/h4-7,15H,8-12H2,1-3H3,(H,21,23). The van der Waals surface area contributed by atoms with Crippen LogP contribution >= 0.6 is 0 Å². The minimum atomic E-state index is -3.15. The Hall–Kier alpha value is -1.99. The summed E-state index contributed by atoms with van der Waals surface area (Å²) in [6.45, 7) is 4.88. The van der Waals surface area contributed by atoms with Gasteiger partial charge < -0.3 is 5.32 Å². The van der Waals surface area contributed by atoms with Crippen LogP contribution < -0.4 is 5.32 Å². The molecule has 1 N–H and O–H groups in total. The minimum absolute atomic E-state index is 0.0227. The quantitative estimate of drug-likeness (QED) is 0.886. The van der Waals surface area contributed by atoms with Crippen LogP contribution in [-0.4, -0.2) is 49.0 Å². The van der Waals surface area contributed by atoms with Crippen LogP contribution in [0.5, 0.6) is 0 Å². The third-order valence-electron chi connectivity index (χ3n) is 5.11. The number of sulfonamides is 1. The van der Waals surface area contributed by atoms with Crippen LogP contribution in [0.1, 0.15) is 29.7 Å². The number of aromatic nitrogens is 1. The van der Waals surface area contributed by atoms with Crippen LogP contribution in [0.15, 0.2) is 24.3 Å². The van der Waals surface area contributed by atoms with Gasteiger partial charge in [-0.1, -0.05) is 18.2 Å². The van der Waals surface area contributed by atoms with Crippen molar-refractivity contribution in [1.29, 1.82) is 0 Å². The Labute approximate surface area is 154 Å². The summed E-state index contributed by atoms with van der Waals surface area (Å²) >= 11 is 0. The van der Waals surface area contributed by atoms with Gasteiger partial charge in [0.15, 0.2) is 0 Å². The second kappa shape index (κ2) is 7.32. The Morgan fingerprint density at radius 1 is 1.23 bits per heavy atom. The lowest BCUT2D eigenvalue weighted by atomic mass is 9.98. The first-order chi connectivity index (χ1) is 12.3. The third kappa shape index (κ3) is 4.04. The van der Waals surface area contributed by atoms with Gasteiger partial charge in [-0.05, 0) is 43.9 Å². The highest BCUT2D eigenvalue weighted by Crippen LogP contribution is 2.23. The second-order valence-electron chi connectivity index (χ2n) is 7.00. The number of amides is 1. The topological polar surface area (TPSA) is 79.4 Å². The fourth-order valence-corrected chi connectivity index (χ4v) is 4.48. The molecule has 1 fully saturated rings. The molecule has 1 aromatic carbocycles. The molecule has 0 unspecified atom stereocenters. The van der Waals surface area contributed by atoms with E-state index in [-0.39, 0.29) is 11.9 Å². The molecule has 2 heterocycles. The maximum atomic E-state index is 12.5. The van der Waals surface area contributed by atoms with Gasteiger partial charge in [-0.25, -0.2) is 12.7 Å². The lowest BCUT2D eigenvalue weighted by Gasteiger charge is -2.30. The molecule has 0 bridgehead atoms. The van der Waals surface area contributed by atoms with Gasteiger partial charge >= 0.3 is 0 Å². The monoisotopic (exact) mass is 375 g/mol. The Bertz CT molecular complexity index is 932. The molecular weight excluding hydrogens is 350 g/mol. The van der Waals surface area contributed by atoms with Crippen molar-refractivity contribution in [2.75, 3.05) is 19.3 Å². The summed E-state index contributed by atoms with van der Waals surface area (Å²) in [6.07, 6.45) is 2.81. The number of nitrogens with zero attached hydrogens (tertiary/aromatic N) is 2. The lowest BCUT2D eigenvalue weighted by molar-refractivity contribution is -0.121. The van der Waals surface area contributed by atoms with E-state index in [2.05, 4.69) is 10.3 Å². The van der Waals surface area contributed by atoms with Crippen molar-refractivity contribution >= 4 is 26.8 Å². The fourth-order valence-electron chi connectivity index (χ4n) is 3.60. The average molecular weight is 375 g/mol. The molecule has 3 rings (SSSR count). The molecule has 1 aliphatic rings. The van der Waals surface area contributed by atoms with Gasteiger partial charge in [-0.15, -0.1) is 0 Å².